The second kappa shape index (κ2) is 8.63. The van der Waals surface area contributed by atoms with Gasteiger partial charge in [0, 0.05) is 12.7 Å². The summed E-state index contributed by atoms with van der Waals surface area (Å²) < 4.78 is 3.41. The number of fused-ring (bicyclic) bond motifs is 3. The van der Waals surface area contributed by atoms with Gasteiger partial charge in [-0.2, -0.15) is 0 Å². The van der Waals surface area contributed by atoms with Gasteiger partial charge < -0.3 is 5.32 Å². The van der Waals surface area contributed by atoms with E-state index in [0.717, 1.165) is 6.42 Å². The number of halogens is 2. The van der Waals surface area contributed by atoms with Gasteiger partial charge in [-0.05, 0) is 24.6 Å². The number of carbonyl (C=O) groups is 1. The summed E-state index contributed by atoms with van der Waals surface area (Å²) in [6.07, 6.45) is 2.18. The Kier molecular flexibility index (Phi) is 5.94. The minimum absolute atomic E-state index is 0.0582. The maximum atomic E-state index is 12.8. The minimum Gasteiger partial charge on any atom is -0.309 e. The predicted octanol–water partition coefficient (Wildman–Crippen LogP) is 3.89. The molecular formula is C19H16Cl2N6O2S. The number of aromatic nitrogens is 5. The average Bonchev–Trinajstić information content (AvgIpc) is 3.16. The summed E-state index contributed by atoms with van der Waals surface area (Å²) >= 11 is 13.1. The molecule has 8 nitrogen and oxygen atoms in total. The molecule has 154 valence electrons. The molecule has 0 radical (unpaired) electrons. The number of aryl methyl sites for hydroxylation is 1. The Bertz CT molecular complexity index is 1320. The van der Waals surface area contributed by atoms with Gasteiger partial charge in [-0.25, -0.2) is 4.98 Å². The van der Waals surface area contributed by atoms with Crippen LogP contribution in [-0.4, -0.2) is 35.8 Å². The number of amides is 1. The molecule has 0 aliphatic heterocycles. The minimum atomic E-state index is -0.306. The van der Waals surface area contributed by atoms with E-state index in [1.165, 1.54) is 24.0 Å². The molecule has 11 heteroatoms. The lowest BCUT2D eigenvalue weighted by atomic mass is 10.2. The third-order valence-corrected chi connectivity index (χ3v) is 5.75. The SMILES string of the molecule is CCCn1c(=O)c2ccccc2n2c(SCC(=O)Nc3ncc(Cl)cc3Cl)nnc12. The predicted molar refractivity (Wildman–Crippen MR) is 119 cm³/mol. The summed E-state index contributed by atoms with van der Waals surface area (Å²) in [7, 11) is 0. The number of anilines is 1. The van der Waals surface area contributed by atoms with E-state index in [-0.39, 0.29) is 28.1 Å². The van der Waals surface area contributed by atoms with Crippen molar-refractivity contribution in [2.24, 2.45) is 0 Å². The van der Waals surface area contributed by atoms with E-state index in [1.54, 1.807) is 15.0 Å². The molecule has 0 unspecified atom stereocenters. The molecule has 4 rings (SSSR count). The van der Waals surface area contributed by atoms with Gasteiger partial charge in [-0.15, -0.1) is 10.2 Å². The molecular weight excluding hydrogens is 447 g/mol. The van der Waals surface area contributed by atoms with Crippen LogP contribution in [0, 0.1) is 0 Å². The fourth-order valence-corrected chi connectivity index (χ4v) is 4.22. The molecule has 1 aromatic carbocycles. The number of para-hydroxylation sites is 1. The van der Waals surface area contributed by atoms with Crippen molar-refractivity contribution in [3.8, 4) is 0 Å². The Morgan fingerprint density at radius 1 is 1.23 bits per heavy atom. The highest BCUT2D eigenvalue weighted by Gasteiger charge is 2.17. The van der Waals surface area contributed by atoms with E-state index in [0.29, 0.717) is 33.4 Å². The zero-order valence-corrected chi connectivity index (χ0v) is 18.1. The third kappa shape index (κ3) is 3.88. The summed E-state index contributed by atoms with van der Waals surface area (Å²) in [5.74, 6) is 0.438. The van der Waals surface area contributed by atoms with Gasteiger partial charge in [0.2, 0.25) is 11.7 Å². The van der Waals surface area contributed by atoms with Crippen molar-refractivity contribution < 1.29 is 4.79 Å². The van der Waals surface area contributed by atoms with Crippen molar-refractivity contribution >= 4 is 63.4 Å². The van der Waals surface area contributed by atoms with Gasteiger partial charge >= 0.3 is 0 Å². The fraction of sp³-hybridized carbons (Fsp3) is 0.211. The summed E-state index contributed by atoms with van der Waals surface area (Å²) in [6, 6.07) is 8.79. The van der Waals surface area contributed by atoms with E-state index in [4.69, 9.17) is 23.2 Å². The van der Waals surface area contributed by atoms with E-state index >= 15 is 0 Å². The number of nitrogens with zero attached hydrogens (tertiary/aromatic N) is 5. The van der Waals surface area contributed by atoms with Crippen molar-refractivity contribution in [3.05, 3.63) is 56.9 Å². The zero-order chi connectivity index (χ0) is 21.3. The maximum Gasteiger partial charge on any atom is 0.262 e. The highest BCUT2D eigenvalue weighted by molar-refractivity contribution is 7.99. The van der Waals surface area contributed by atoms with Gasteiger partial charge in [0.25, 0.3) is 5.56 Å². The Hall–Kier alpha value is -2.62. The molecule has 0 atom stereocenters. The third-order valence-electron chi connectivity index (χ3n) is 4.32. The number of hydrogen-bond acceptors (Lipinski definition) is 6. The zero-order valence-electron chi connectivity index (χ0n) is 15.8. The first-order valence-corrected chi connectivity index (χ1v) is 10.8. The highest BCUT2D eigenvalue weighted by Crippen LogP contribution is 2.24. The van der Waals surface area contributed by atoms with Crippen molar-refractivity contribution in [1.82, 2.24) is 24.1 Å². The average molecular weight is 463 g/mol. The Morgan fingerprint density at radius 3 is 2.80 bits per heavy atom. The molecule has 1 amide bonds. The molecule has 0 aliphatic carbocycles. The normalized spacial score (nSPS) is 11.3. The standard InChI is InChI=1S/C19H16Cl2N6O2S/c1-2-7-26-17(29)12-5-3-4-6-14(12)27-18(26)24-25-19(27)30-10-15(28)23-16-13(21)8-11(20)9-22-16/h3-6,8-9H,2,7,10H2,1H3,(H,22,23,28). The molecule has 3 aromatic heterocycles. The van der Waals surface area contributed by atoms with Crippen molar-refractivity contribution in [2.75, 3.05) is 11.1 Å². The molecule has 4 aromatic rings. The van der Waals surface area contributed by atoms with Crippen LogP contribution in [0.25, 0.3) is 16.7 Å². The molecule has 0 bridgehead atoms. The van der Waals surface area contributed by atoms with Crippen LogP contribution in [0.4, 0.5) is 5.82 Å². The van der Waals surface area contributed by atoms with Crippen LogP contribution in [0.15, 0.2) is 46.5 Å². The lowest BCUT2D eigenvalue weighted by Crippen LogP contribution is -2.23. The maximum absolute atomic E-state index is 12.8. The summed E-state index contributed by atoms with van der Waals surface area (Å²) in [4.78, 5) is 29.3. The largest absolute Gasteiger partial charge is 0.309 e. The number of benzene rings is 1. The van der Waals surface area contributed by atoms with Gasteiger partial charge in [-0.3, -0.25) is 18.6 Å². The van der Waals surface area contributed by atoms with Gasteiger partial charge in [0.15, 0.2) is 11.0 Å². The van der Waals surface area contributed by atoms with E-state index in [9.17, 15) is 9.59 Å². The van der Waals surface area contributed by atoms with Crippen molar-refractivity contribution in [2.45, 2.75) is 25.0 Å². The topological polar surface area (TPSA) is 94.2 Å². The molecule has 0 fully saturated rings. The molecule has 0 aliphatic rings. The van der Waals surface area contributed by atoms with Crippen molar-refractivity contribution in [1.29, 1.82) is 0 Å². The molecule has 0 saturated heterocycles. The summed E-state index contributed by atoms with van der Waals surface area (Å²) in [5.41, 5.74) is 0.588. The van der Waals surface area contributed by atoms with Crippen LogP contribution in [0.3, 0.4) is 0 Å². The molecule has 3 heterocycles. The smallest absolute Gasteiger partial charge is 0.262 e. The van der Waals surface area contributed by atoms with E-state index in [1.807, 2.05) is 25.1 Å². The van der Waals surface area contributed by atoms with Gasteiger partial charge in [0.05, 0.1) is 26.7 Å². The first-order valence-electron chi connectivity index (χ1n) is 9.10. The van der Waals surface area contributed by atoms with Crippen LogP contribution in [0.5, 0.6) is 0 Å². The quantitative estimate of drug-likeness (QED) is 0.436. The number of thioether (sulfide) groups is 1. The van der Waals surface area contributed by atoms with Gasteiger partial charge in [-0.1, -0.05) is 54.0 Å². The summed E-state index contributed by atoms with van der Waals surface area (Å²) in [6.45, 7) is 2.52. The molecule has 1 N–H and O–H groups in total. The number of rotatable bonds is 6. The Morgan fingerprint density at radius 2 is 2.03 bits per heavy atom. The van der Waals surface area contributed by atoms with Crippen LogP contribution < -0.4 is 10.9 Å². The Labute approximate surface area is 185 Å². The second-order valence-corrected chi connectivity index (χ2v) is 8.20. The first-order chi connectivity index (χ1) is 14.5. The second-order valence-electron chi connectivity index (χ2n) is 6.41. The lowest BCUT2D eigenvalue weighted by Gasteiger charge is -2.10. The monoisotopic (exact) mass is 462 g/mol. The molecule has 30 heavy (non-hydrogen) atoms. The molecule has 0 saturated carbocycles. The summed E-state index contributed by atoms with van der Waals surface area (Å²) in [5, 5.41) is 12.8. The fourth-order valence-electron chi connectivity index (χ4n) is 3.06. The number of hydrogen-bond donors (Lipinski definition) is 1. The number of nitrogens with one attached hydrogen (secondary N) is 1. The van der Waals surface area contributed by atoms with Crippen LogP contribution >= 0.6 is 35.0 Å². The first kappa shape index (κ1) is 20.6. The molecule has 0 spiro atoms. The lowest BCUT2D eigenvalue weighted by molar-refractivity contribution is -0.113. The van der Waals surface area contributed by atoms with Crippen LogP contribution in [-0.2, 0) is 11.3 Å². The Balaban J connectivity index is 1.65. The van der Waals surface area contributed by atoms with Gasteiger partial charge in [0.1, 0.15) is 0 Å². The number of carbonyl (C=O) groups excluding carboxylic acids is 1. The van der Waals surface area contributed by atoms with Crippen LogP contribution in [0.2, 0.25) is 10.0 Å². The van der Waals surface area contributed by atoms with Crippen molar-refractivity contribution in [3.63, 3.8) is 0 Å². The van der Waals surface area contributed by atoms with E-state index in [2.05, 4.69) is 20.5 Å². The highest BCUT2D eigenvalue weighted by atomic mass is 35.5. The van der Waals surface area contributed by atoms with E-state index < -0.39 is 0 Å². The number of pyridine rings is 1. The van der Waals surface area contributed by atoms with Crippen LogP contribution in [0.1, 0.15) is 13.3 Å².